The molecule has 6 heteroatoms. The lowest BCUT2D eigenvalue weighted by Crippen LogP contribution is -2.16. The van der Waals surface area contributed by atoms with Gasteiger partial charge in [-0.2, -0.15) is 0 Å². The zero-order chi connectivity index (χ0) is 17.0. The third kappa shape index (κ3) is 4.97. The molecule has 1 heterocycles. The Kier molecular flexibility index (Phi) is 6.52. The number of carbonyl (C=O) groups excluding carboxylic acids is 1. The van der Waals surface area contributed by atoms with Gasteiger partial charge in [-0.15, -0.1) is 0 Å². The summed E-state index contributed by atoms with van der Waals surface area (Å²) in [5, 5.41) is 3.88. The number of benzene rings is 1. The average Bonchev–Trinajstić information content (AvgIpc) is 2.75. The largest absolute Gasteiger partial charge is 0.324 e. The van der Waals surface area contributed by atoms with Gasteiger partial charge >= 0.3 is 0 Å². The molecule has 0 spiro atoms. The molecule has 2 rings (SSSR count). The molecule has 0 saturated carbocycles. The van der Waals surface area contributed by atoms with Crippen molar-refractivity contribution in [2.24, 2.45) is 5.92 Å². The number of para-hydroxylation sites is 1. The van der Waals surface area contributed by atoms with Crippen LogP contribution in [0.1, 0.15) is 25.2 Å². The van der Waals surface area contributed by atoms with Crippen LogP contribution in [0, 0.1) is 23.3 Å². The van der Waals surface area contributed by atoms with Crippen LogP contribution in [-0.4, -0.2) is 21.2 Å². The predicted molar refractivity (Wildman–Crippen MR) is 105 cm³/mol. The van der Waals surface area contributed by atoms with Crippen molar-refractivity contribution in [1.82, 2.24) is 9.55 Å². The number of halogens is 1. The molecule has 0 aliphatic heterocycles. The number of aromatic nitrogens is 2. The van der Waals surface area contributed by atoms with E-state index in [9.17, 15) is 4.79 Å². The van der Waals surface area contributed by atoms with Crippen LogP contribution < -0.4 is 5.32 Å². The number of nitrogens with one attached hydrogen (secondary N) is 1. The Morgan fingerprint density at radius 3 is 2.70 bits per heavy atom. The summed E-state index contributed by atoms with van der Waals surface area (Å²) < 4.78 is 3.25. The van der Waals surface area contributed by atoms with E-state index in [1.165, 1.54) is 17.5 Å². The smallest absolute Gasteiger partial charge is 0.234 e. The summed E-state index contributed by atoms with van der Waals surface area (Å²) in [6, 6.07) is 7.77. The monoisotopic (exact) mass is 443 g/mol. The maximum Gasteiger partial charge on any atom is 0.234 e. The molecule has 0 aliphatic rings. The highest BCUT2D eigenvalue weighted by Gasteiger charge is 2.14. The zero-order valence-corrected chi connectivity index (χ0v) is 16.9. The molecule has 0 aliphatic carbocycles. The molecule has 0 radical (unpaired) electrons. The third-order valence-electron chi connectivity index (χ3n) is 3.45. The van der Waals surface area contributed by atoms with Crippen molar-refractivity contribution in [2.75, 3.05) is 11.1 Å². The predicted octanol–water partition coefficient (Wildman–Crippen LogP) is 4.49. The first-order valence-corrected chi connectivity index (χ1v) is 9.65. The normalized spacial score (nSPS) is 11.0. The summed E-state index contributed by atoms with van der Waals surface area (Å²) in [6.07, 6.45) is 0. The van der Waals surface area contributed by atoms with Crippen molar-refractivity contribution in [3.8, 4) is 0 Å². The Balaban J connectivity index is 2.02. The second-order valence-corrected chi connectivity index (χ2v) is 7.99. The first-order valence-electron chi connectivity index (χ1n) is 7.59. The molecule has 1 N–H and O–H groups in total. The molecule has 0 bridgehead atoms. The number of imidazole rings is 1. The van der Waals surface area contributed by atoms with Crippen molar-refractivity contribution >= 4 is 45.9 Å². The fourth-order valence-corrected chi connectivity index (χ4v) is 3.62. The van der Waals surface area contributed by atoms with Crippen LogP contribution in [0.3, 0.4) is 0 Å². The Morgan fingerprint density at radius 1 is 1.35 bits per heavy atom. The van der Waals surface area contributed by atoms with Gasteiger partial charge in [0, 0.05) is 15.8 Å². The molecule has 4 nitrogen and oxygen atoms in total. The fraction of sp³-hybridized carbons (Fsp3) is 0.412. The van der Waals surface area contributed by atoms with Crippen LogP contribution in [0.5, 0.6) is 0 Å². The zero-order valence-electron chi connectivity index (χ0n) is 13.9. The van der Waals surface area contributed by atoms with Gasteiger partial charge in [0.05, 0.1) is 17.1 Å². The first kappa shape index (κ1) is 18.3. The highest BCUT2D eigenvalue weighted by Crippen LogP contribution is 2.23. The molecule has 0 fully saturated rings. The van der Waals surface area contributed by atoms with Crippen LogP contribution in [0.2, 0.25) is 0 Å². The molecule has 2 aromatic rings. The van der Waals surface area contributed by atoms with Crippen molar-refractivity contribution in [2.45, 2.75) is 39.4 Å². The van der Waals surface area contributed by atoms with E-state index in [-0.39, 0.29) is 5.91 Å². The molecule has 1 aromatic carbocycles. The van der Waals surface area contributed by atoms with Gasteiger partial charge in [-0.1, -0.05) is 37.7 Å². The lowest BCUT2D eigenvalue weighted by Gasteiger charge is -2.12. The SMILES string of the molecule is Cc1nc(SCC(=O)Nc2ccccc2I)n(CC(C)C)c1C. The van der Waals surface area contributed by atoms with Crippen LogP contribution in [0.4, 0.5) is 5.69 Å². The number of carbonyl (C=O) groups is 1. The summed E-state index contributed by atoms with van der Waals surface area (Å²) in [6.45, 7) is 9.40. The van der Waals surface area contributed by atoms with Crippen molar-refractivity contribution in [3.63, 3.8) is 0 Å². The number of rotatable bonds is 6. The lowest BCUT2D eigenvalue weighted by molar-refractivity contribution is -0.113. The maximum atomic E-state index is 12.2. The quantitative estimate of drug-likeness (QED) is 0.529. The Bertz CT molecular complexity index is 697. The number of thioether (sulfide) groups is 1. The molecule has 0 unspecified atom stereocenters. The molecule has 23 heavy (non-hydrogen) atoms. The summed E-state index contributed by atoms with van der Waals surface area (Å²) in [7, 11) is 0. The van der Waals surface area contributed by atoms with E-state index in [1.807, 2.05) is 31.2 Å². The minimum absolute atomic E-state index is 0.00600. The van der Waals surface area contributed by atoms with E-state index in [1.54, 1.807) is 0 Å². The van der Waals surface area contributed by atoms with Crippen LogP contribution in [-0.2, 0) is 11.3 Å². The van der Waals surface area contributed by atoms with Gasteiger partial charge < -0.3 is 9.88 Å². The van der Waals surface area contributed by atoms with Gasteiger partial charge in [-0.3, -0.25) is 4.79 Å². The lowest BCUT2D eigenvalue weighted by atomic mass is 10.2. The first-order chi connectivity index (χ1) is 10.9. The van der Waals surface area contributed by atoms with Crippen molar-refractivity contribution in [3.05, 3.63) is 39.2 Å². The molecule has 124 valence electrons. The molecule has 1 amide bonds. The Labute approximate surface area is 155 Å². The Hall–Kier alpha value is -1.02. The molecular weight excluding hydrogens is 421 g/mol. The molecule has 0 saturated heterocycles. The van der Waals surface area contributed by atoms with Gasteiger partial charge in [-0.25, -0.2) is 4.98 Å². The van der Waals surface area contributed by atoms with Crippen LogP contribution >= 0.6 is 34.4 Å². The number of nitrogens with zero attached hydrogens (tertiary/aromatic N) is 2. The van der Waals surface area contributed by atoms with Gasteiger partial charge in [0.2, 0.25) is 5.91 Å². The molecule has 0 atom stereocenters. The highest BCUT2D eigenvalue weighted by molar-refractivity contribution is 14.1. The van der Waals surface area contributed by atoms with E-state index < -0.39 is 0 Å². The summed E-state index contributed by atoms with van der Waals surface area (Å²) in [5.74, 6) is 0.897. The van der Waals surface area contributed by atoms with E-state index in [0.29, 0.717) is 11.7 Å². The van der Waals surface area contributed by atoms with Gasteiger partial charge in [0.15, 0.2) is 5.16 Å². The number of anilines is 1. The number of amides is 1. The molecular formula is C17H22IN3OS. The summed E-state index contributed by atoms with van der Waals surface area (Å²) >= 11 is 3.72. The van der Waals surface area contributed by atoms with E-state index >= 15 is 0 Å². The summed E-state index contributed by atoms with van der Waals surface area (Å²) in [5.41, 5.74) is 3.07. The van der Waals surface area contributed by atoms with Gasteiger partial charge in [0.1, 0.15) is 0 Å². The maximum absolute atomic E-state index is 12.2. The fourth-order valence-electron chi connectivity index (χ4n) is 2.19. The van der Waals surface area contributed by atoms with E-state index in [2.05, 4.69) is 58.2 Å². The van der Waals surface area contributed by atoms with E-state index in [4.69, 9.17) is 0 Å². The van der Waals surface area contributed by atoms with Gasteiger partial charge in [-0.05, 0) is 54.5 Å². The van der Waals surface area contributed by atoms with Crippen molar-refractivity contribution in [1.29, 1.82) is 0 Å². The highest BCUT2D eigenvalue weighted by atomic mass is 127. The Morgan fingerprint density at radius 2 is 2.04 bits per heavy atom. The average molecular weight is 443 g/mol. The minimum atomic E-state index is -0.00600. The summed E-state index contributed by atoms with van der Waals surface area (Å²) in [4.78, 5) is 16.8. The molecule has 1 aromatic heterocycles. The number of hydrogen-bond acceptors (Lipinski definition) is 3. The number of hydrogen-bond donors (Lipinski definition) is 1. The second-order valence-electron chi connectivity index (χ2n) is 5.89. The standard InChI is InChI=1S/C17H22IN3OS/c1-11(2)9-21-13(4)12(3)19-17(21)23-10-16(22)20-15-8-6-5-7-14(15)18/h5-8,11H,9-10H2,1-4H3,(H,20,22). The second kappa shape index (κ2) is 8.19. The van der Waals surface area contributed by atoms with E-state index in [0.717, 1.165) is 26.7 Å². The minimum Gasteiger partial charge on any atom is -0.324 e. The number of aryl methyl sites for hydroxylation is 1. The van der Waals surface area contributed by atoms with Crippen LogP contribution in [0.25, 0.3) is 0 Å². The van der Waals surface area contributed by atoms with Crippen molar-refractivity contribution < 1.29 is 4.79 Å². The van der Waals surface area contributed by atoms with Crippen LogP contribution in [0.15, 0.2) is 29.4 Å². The topological polar surface area (TPSA) is 46.9 Å². The van der Waals surface area contributed by atoms with Gasteiger partial charge in [0.25, 0.3) is 0 Å². The third-order valence-corrected chi connectivity index (χ3v) is 5.37.